The minimum absolute atomic E-state index is 0.000405. The van der Waals surface area contributed by atoms with Gasteiger partial charge in [0.2, 0.25) is 0 Å². The van der Waals surface area contributed by atoms with Crippen molar-refractivity contribution >= 4 is 11.6 Å². The average Bonchev–Trinajstić information content (AvgIpc) is 2.87. The summed E-state index contributed by atoms with van der Waals surface area (Å²) in [6.07, 6.45) is 0.831. The first-order valence-corrected chi connectivity index (χ1v) is 7.02. The summed E-state index contributed by atoms with van der Waals surface area (Å²) in [6.45, 7) is 2.38. The van der Waals surface area contributed by atoms with E-state index in [1.165, 1.54) is 5.56 Å². The molecule has 1 amide bonds. The summed E-state index contributed by atoms with van der Waals surface area (Å²) in [5, 5.41) is 2.93. The Morgan fingerprint density at radius 2 is 2.14 bits per heavy atom. The fourth-order valence-electron chi connectivity index (χ4n) is 2.61. The Bertz CT molecular complexity index is 657. The van der Waals surface area contributed by atoms with Crippen molar-refractivity contribution in [1.82, 2.24) is 5.32 Å². The number of nitrogens with two attached hydrogens (primary N) is 1. The van der Waals surface area contributed by atoms with Crippen molar-refractivity contribution < 1.29 is 9.53 Å². The minimum atomic E-state index is -0.0907. The molecule has 1 heterocycles. The molecule has 1 aliphatic rings. The van der Waals surface area contributed by atoms with Crippen molar-refractivity contribution in [1.29, 1.82) is 0 Å². The number of fused-ring (bicyclic) bond motifs is 1. The van der Waals surface area contributed by atoms with Crippen LogP contribution >= 0.6 is 0 Å². The Morgan fingerprint density at radius 1 is 1.33 bits per heavy atom. The summed E-state index contributed by atoms with van der Waals surface area (Å²) in [5.41, 5.74) is 9.09. The molecule has 1 atom stereocenters. The zero-order chi connectivity index (χ0) is 14.8. The maximum Gasteiger partial charge on any atom is 0.251 e. The van der Waals surface area contributed by atoms with Gasteiger partial charge in [0.1, 0.15) is 11.9 Å². The standard InChI is InChI=1S/C17H18N2O2/c1-11-8-13(18)6-7-15(11)17(20)19-10-14-9-12-4-2-3-5-16(12)21-14/h2-8,14H,9-10,18H2,1H3,(H,19,20). The summed E-state index contributed by atoms with van der Waals surface area (Å²) in [5.74, 6) is 0.826. The monoisotopic (exact) mass is 282 g/mol. The molecule has 4 nitrogen and oxygen atoms in total. The highest BCUT2D eigenvalue weighted by molar-refractivity contribution is 5.96. The van der Waals surface area contributed by atoms with Gasteiger partial charge in [-0.25, -0.2) is 0 Å². The maximum absolute atomic E-state index is 12.2. The van der Waals surface area contributed by atoms with Gasteiger partial charge >= 0.3 is 0 Å². The minimum Gasteiger partial charge on any atom is -0.488 e. The molecule has 0 aromatic heterocycles. The molecule has 0 radical (unpaired) electrons. The number of nitrogen functional groups attached to an aromatic ring is 1. The highest BCUT2D eigenvalue weighted by Crippen LogP contribution is 2.27. The lowest BCUT2D eigenvalue weighted by molar-refractivity contribution is 0.0933. The van der Waals surface area contributed by atoms with Crippen LogP contribution in [0.15, 0.2) is 42.5 Å². The fourth-order valence-corrected chi connectivity index (χ4v) is 2.61. The van der Waals surface area contributed by atoms with Crippen molar-refractivity contribution in [3.05, 3.63) is 59.2 Å². The number of rotatable bonds is 3. The molecular weight excluding hydrogens is 264 g/mol. The Balaban J connectivity index is 1.60. The summed E-state index contributed by atoms with van der Waals surface area (Å²) in [6, 6.07) is 13.3. The Labute approximate surface area is 123 Å². The maximum atomic E-state index is 12.2. The Morgan fingerprint density at radius 3 is 2.90 bits per heavy atom. The fraction of sp³-hybridized carbons (Fsp3) is 0.235. The highest BCUT2D eigenvalue weighted by atomic mass is 16.5. The van der Waals surface area contributed by atoms with Crippen molar-refractivity contribution in [3.8, 4) is 5.75 Å². The molecule has 2 aromatic carbocycles. The van der Waals surface area contributed by atoms with Crippen LogP contribution in [0.2, 0.25) is 0 Å². The number of carbonyl (C=O) groups excluding carboxylic acids is 1. The molecule has 4 heteroatoms. The summed E-state index contributed by atoms with van der Waals surface area (Å²) < 4.78 is 5.81. The van der Waals surface area contributed by atoms with Crippen LogP contribution in [0.3, 0.4) is 0 Å². The molecule has 108 valence electrons. The number of aryl methyl sites for hydroxylation is 1. The van der Waals surface area contributed by atoms with Gasteiger partial charge in [-0.1, -0.05) is 18.2 Å². The first-order chi connectivity index (χ1) is 10.1. The second kappa shape index (κ2) is 5.48. The molecule has 1 unspecified atom stereocenters. The number of ether oxygens (including phenoxy) is 1. The number of nitrogens with one attached hydrogen (secondary N) is 1. The zero-order valence-corrected chi connectivity index (χ0v) is 11.9. The molecule has 3 rings (SSSR count). The predicted octanol–water partition coefficient (Wildman–Crippen LogP) is 2.31. The van der Waals surface area contributed by atoms with E-state index in [1.54, 1.807) is 18.2 Å². The van der Waals surface area contributed by atoms with Crippen LogP contribution in [0.1, 0.15) is 21.5 Å². The van der Waals surface area contributed by atoms with Crippen LogP contribution in [0.25, 0.3) is 0 Å². The van der Waals surface area contributed by atoms with E-state index in [1.807, 2.05) is 25.1 Å². The second-order valence-corrected chi connectivity index (χ2v) is 5.34. The van der Waals surface area contributed by atoms with Gasteiger partial charge in [0.05, 0.1) is 6.54 Å². The largest absolute Gasteiger partial charge is 0.488 e. The van der Waals surface area contributed by atoms with Crippen LogP contribution in [0, 0.1) is 6.92 Å². The van der Waals surface area contributed by atoms with Crippen LogP contribution in [-0.2, 0) is 6.42 Å². The molecule has 21 heavy (non-hydrogen) atoms. The number of anilines is 1. The lowest BCUT2D eigenvalue weighted by Gasteiger charge is -2.13. The van der Waals surface area contributed by atoms with Crippen molar-refractivity contribution in [2.24, 2.45) is 0 Å². The molecule has 2 aromatic rings. The molecule has 0 bridgehead atoms. The SMILES string of the molecule is Cc1cc(N)ccc1C(=O)NCC1Cc2ccccc2O1. The lowest BCUT2D eigenvalue weighted by Crippen LogP contribution is -2.34. The number of para-hydroxylation sites is 1. The normalized spacial score (nSPS) is 16.1. The molecule has 3 N–H and O–H groups in total. The topological polar surface area (TPSA) is 64.4 Å². The van der Waals surface area contributed by atoms with Crippen molar-refractivity contribution in [2.75, 3.05) is 12.3 Å². The van der Waals surface area contributed by atoms with E-state index in [0.717, 1.165) is 17.7 Å². The van der Waals surface area contributed by atoms with E-state index in [2.05, 4.69) is 11.4 Å². The van der Waals surface area contributed by atoms with Crippen LogP contribution in [0.4, 0.5) is 5.69 Å². The van der Waals surface area contributed by atoms with Gasteiger partial charge in [-0.05, 0) is 42.3 Å². The summed E-state index contributed by atoms with van der Waals surface area (Å²) in [4.78, 5) is 12.2. The third-order valence-corrected chi connectivity index (χ3v) is 3.70. The van der Waals surface area contributed by atoms with E-state index >= 15 is 0 Å². The number of hydrogen-bond acceptors (Lipinski definition) is 3. The van der Waals surface area contributed by atoms with Crippen LogP contribution in [0.5, 0.6) is 5.75 Å². The van der Waals surface area contributed by atoms with Gasteiger partial charge in [0.25, 0.3) is 5.91 Å². The van der Waals surface area contributed by atoms with Crippen molar-refractivity contribution in [2.45, 2.75) is 19.4 Å². The van der Waals surface area contributed by atoms with Crippen LogP contribution in [-0.4, -0.2) is 18.6 Å². The van der Waals surface area contributed by atoms with E-state index in [0.29, 0.717) is 17.8 Å². The van der Waals surface area contributed by atoms with E-state index in [4.69, 9.17) is 10.5 Å². The van der Waals surface area contributed by atoms with Gasteiger partial charge in [-0.2, -0.15) is 0 Å². The quantitative estimate of drug-likeness (QED) is 0.849. The molecule has 0 saturated heterocycles. The number of benzene rings is 2. The zero-order valence-electron chi connectivity index (χ0n) is 11.9. The smallest absolute Gasteiger partial charge is 0.251 e. The third kappa shape index (κ3) is 2.84. The number of hydrogen-bond donors (Lipinski definition) is 2. The molecule has 0 saturated carbocycles. The first-order valence-electron chi connectivity index (χ1n) is 7.02. The molecule has 0 spiro atoms. The molecular formula is C17H18N2O2. The molecule has 0 aliphatic carbocycles. The predicted molar refractivity (Wildman–Crippen MR) is 82.5 cm³/mol. The first kappa shape index (κ1) is 13.5. The molecule has 1 aliphatic heterocycles. The van der Waals surface area contributed by atoms with Crippen molar-refractivity contribution in [3.63, 3.8) is 0 Å². The van der Waals surface area contributed by atoms with Gasteiger partial charge < -0.3 is 15.8 Å². The van der Waals surface area contributed by atoms with Gasteiger partial charge in [0, 0.05) is 17.7 Å². The third-order valence-electron chi connectivity index (χ3n) is 3.70. The van der Waals surface area contributed by atoms with Gasteiger partial charge in [0.15, 0.2) is 0 Å². The Kier molecular flexibility index (Phi) is 3.52. The van der Waals surface area contributed by atoms with E-state index < -0.39 is 0 Å². The van der Waals surface area contributed by atoms with E-state index in [-0.39, 0.29) is 12.0 Å². The lowest BCUT2D eigenvalue weighted by atomic mass is 10.1. The van der Waals surface area contributed by atoms with E-state index in [9.17, 15) is 4.79 Å². The highest BCUT2D eigenvalue weighted by Gasteiger charge is 2.22. The van der Waals surface area contributed by atoms with Crippen LogP contribution < -0.4 is 15.8 Å². The summed E-state index contributed by atoms with van der Waals surface area (Å²) >= 11 is 0. The molecule has 0 fully saturated rings. The Hall–Kier alpha value is -2.49. The number of amides is 1. The number of carbonyl (C=O) groups is 1. The van der Waals surface area contributed by atoms with Gasteiger partial charge in [-0.3, -0.25) is 4.79 Å². The second-order valence-electron chi connectivity index (χ2n) is 5.34. The summed E-state index contributed by atoms with van der Waals surface area (Å²) in [7, 11) is 0. The average molecular weight is 282 g/mol. The van der Waals surface area contributed by atoms with Gasteiger partial charge in [-0.15, -0.1) is 0 Å².